The van der Waals surface area contributed by atoms with Gasteiger partial charge in [-0.1, -0.05) is 19.4 Å². The van der Waals surface area contributed by atoms with E-state index in [-0.39, 0.29) is 12.1 Å². The van der Waals surface area contributed by atoms with Gasteiger partial charge < -0.3 is 14.8 Å². The zero-order valence-electron chi connectivity index (χ0n) is 14.2. The molecule has 4 heteroatoms. The molecule has 1 aromatic carbocycles. The summed E-state index contributed by atoms with van der Waals surface area (Å²) in [6.07, 6.45) is 4.16. The average molecular weight is 311 g/mol. The average Bonchev–Trinajstić information content (AvgIpc) is 2.95. The van der Waals surface area contributed by atoms with Gasteiger partial charge in [0, 0.05) is 30.7 Å². The zero-order chi connectivity index (χ0) is 16.4. The number of hydrogen-bond acceptors (Lipinski definition) is 1. The molecule has 1 aromatic heterocycles. The predicted molar refractivity (Wildman–Crippen MR) is 93.7 cm³/mol. The molecule has 4 nitrogen and oxygen atoms in total. The van der Waals surface area contributed by atoms with Gasteiger partial charge in [0.25, 0.3) is 0 Å². The van der Waals surface area contributed by atoms with E-state index in [4.69, 9.17) is 0 Å². The molecule has 1 aliphatic heterocycles. The van der Waals surface area contributed by atoms with Crippen LogP contribution in [0.15, 0.2) is 36.5 Å². The molecule has 0 saturated heterocycles. The zero-order valence-corrected chi connectivity index (χ0v) is 14.2. The number of carbonyl (C=O) groups is 1. The van der Waals surface area contributed by atoms with Crippen molar-refractivity contribution in [1.82, 2.24) is 9.47 Å². The van der Waals surface area contributed by atoms with Crippen LogP contribution >= 0.6 is 0 Å². The van der Waals surface area contributed by atoms with Crippen molar-refractivity contribution in [2.24, 2.45) is 0 Å². The van der Waals surface area contributed by atoms with Crippen molar-refractivity contribution in [3.63, 3.8) is 0 Å². The fraction of sp³-hybridized carbons (Fsp3) is 0.421. The first kappa shape index (κ1) is 15.7. The van der Waals surface area contributed by atoms with E-state index in [2.05, 4.69) is 55.1 Å². The molecule has 2 amide bonds. The van der Waals surface area contributed by atoms with Crippen LogP contribution in [-0.4, -0.2) is 22.0 Å². The summed E-state index contributed by atoms with van der Waals surface area (Å²) in [5, 5.41) is 3.08. The summed E-state index contributed by atoms with van der Waals surface area (Å²) in [6.45, 7) is 7.89. The molecule has 1 aliphatic rings. The first-order valence-corrected chi connectivity index (χ1v) is 8.39. The molecule has 1 N–H and O–H groups in total. The smallest absolute Gasteiger partial charge is 0.322 e. The second-order valence-electron chi connectivity index (χ2n) is 6.43. The lowest BCUT2D eigenvalue weighted by atomic mass is 10.0. The minimum atomic E-state index is 0.000833. The van der Waals surface area contributed by atoms with Crippen LogP contribution in [0, 0.1) is 13.8 Å². The number of aryl methyl sites for hydroxylation is 2. The number of urea groups is 1. The van der Waals surface area contributed by atoms with Crippen LogP contribution in [-0.2, 0) is 6.54 Å². The van der Waals surface area contributed by atoms with Crippen LogP contribution in [0.2, 0.25) is 0 Å². The summed E-state index contributed by atoms with van der Waals surface area (Å²) in [5.41, 5.74) is 4.45. The summed E-state index contributed by atoms with van der Waals surface area (Å²) in [4.78, 5) is 14.8. The SMILES string of the molecule is CCC[C@@H]1c2cccn2CCN1C(=O)Nc1cc(C)cc(C)c1. The van der Waals surface area contributed by atoms with Crippen LogP contribution in [0.25, 0.3) is 0 Å². The van der Waals surface area contributed by atoms with Crippen molar-refractivity contribution in [1.29, 1.82) is 0 Å². The molecule has 23 heavy (non-hydrogen) atoms. The number of hydrogen-bond donors (Lipinski definition) is 1. The van der Waals surface area contributed by atoms with Crippen LogP contribution in [0.1, 0.15) is 42.6 Å². The van der Waals surface area contributed by atoms with Crippen LogP contribution in [0.5, 0.6) is 0 Å². The highest BCUT2D eigenvalue weighted by Gasteiger charge is 2.30. The minimum Gasteiger partial charge on any atom is -0.348 e. The Morgan fingerprint density at radius 2 is 1.96 bits per heavy atom. The molecule has 2 aromatic rings. The Kier molecular flexibility index (Phi) is 4.42. The number of nitrogens with zero attached hydrogens (tertiary/aromatic N) is 2. The number of carbonyl (C=O) groups excluding carboxylic acids is 1. The number of amides is 2. The molecule has 0 unspecified atom stereocenters. The van der Waals surface area contributed by atoms with Gasteiger partial charge in [-0.2, -0.15) is 0 Å². The number of rotatable bonds is 3. The van der Waals surface area contributed by atoms with E-state index in [0.29, 0.717) is 0 Å². The first-order valence-electron chi connectivity index (χ1n) is 8.39. The monoisotopic (exact) mass is 311 g/mol. The molecular formula is C19H25N3O. The van der Waals surface area contributed by atoms with Crippen LogP contribution < -0.4 is 5.32 Å². The highest BCUT2D eigenvalue weighted by molar-refractivity contribution is 5.90. The lowest BCUT2D eigenvalue weighted by Crippen LogP contribution is -2.44. The maximum atomic E-state index is 12.8. The molecule has 0 radical (unpaired) electrons. The highest BCUT2D eigenvalue weighted by atomic mass is 16.2. The third-order valence-electron chi connectivity index (χ3n) is 4.46. The molecule has 0 spiro atoms. The Morgan fingerprint density at radius 3 is 2.65 bits per heavy atom. The number of benzene rings is 1. The van der Waals surface area contributed by atoms with E-state index in [1.54, 1.807) is 0 Å². The number of anilines is 1. The van der Waals surface area contributed by atoms with Crippen molar-refractivity contribution in [2.75, 3.05) is 11.9 Å². The second-order valence-corrected chi connectivity index (χ2v) is 6.43. The second kappa shape index (κ2) is 6.49. The lowest BCUT2D eigenvalue weighted by Gasteiger charge is -2.37. The molecule has 0 saturated carbocycles. The highest BCUT2D eigenvalue weighted by Crippen LogP contribution is 2.30. The number of nitrogens with one attached hydrogen (secondary N) is 1. The Hall–Kier alpha value is -2.23. The van der Waals surface area contributed by atoms with E-state index in [1.807, 2.05) is 17.0 Å². The van der Waals surface area contributed by atoms with Crippen LogP contribution in [0.4, 0.5) is 10.5 Å². The molecular weight excluding hydrogens is 286 g/mol. The number of fused-ring (bicyclic) bond motifs is 1. The van der Waals surface area contributed by atoms with Gasteiger partial charge in [0.2, 0.25) is 0 Å². The van der Waals surface area contributed by atoms with E-state index < -0.39 is 0 Å². The summed E-state index contributed by atoms with van der Waals surface area (Å²) < 4.78 is 2.26. The third kappa shape index (κ3) is 3.26. The molecule has 0 fully saturated rings. The van der Waals surface area contributed by atoms with Crippen molar-refractivity contribution < 1.29 is 4.79 Å². The van der Waals surface area contributed by atoms with Crippen molar-refractivity contribution in [2.45, 2.75) is 46.2 Å². The van der Waals surface area contributed by atoms with Crippen molar-refractivity contribution in [3.8, 4) is 0 Å². The third-order valence-corrected chi connectivity index (χ3v) is 4.46. The molecule has 1 atom stereocenters. The van der Waals surface area contributed by atoms with Gasteiger partial charge >= 0.3 is 6.03 Å². The van der Waals surface area contributed by atoms with Crippen molar-refractivity contribution >= 4 is 11.7 Å². The van der Waals surface area contributed by atoms with Gasteiger partial charge in [0.05, 0.1) is 6.04 Å². The minimum absolute atomic E-state index is 0.000833. The van der Waals surface area contributed by atoms with Gasteiger partial charge in [-0.3, -0.25) is 0 Å². The summed E-state index contributed by atoms with van der Waals surface area (Å²) in [5.74, 6) is 0. The standard InChI is InChI=1S/C19H25N3O/c1-4-6-18-17-7-5-8-21(17)9-10-22(18)19(23)20-16-12-14(2)11-15(3)13-16/h5,7-8,11-13,18H,4,6,9-10H2,1-3H3,(H,20,23)/t18-/m1/s1. The molecule has 122 valence electrons. The van der Waals surface area contributed by atoms with Gasteiger partial charge in [-0.05, 0) is 55.7 Å². The topological polar surface area (TPSA) is 37.3 Å². The van der Waals surface area contributed by atoms with Gasteiger partial charge in [-0.25, -0.2) is 4.79 Å². The van der Waals surface area contributed by atoms with Gasteiger partial charge in [-0.15, -0.1) is 0 Å². The summed E-state index contributed by atoms with van der Waals surface area (Å²) in [6, 6.07) is 10.5. The maximum absolute atomic E-state index is 12.8. The lowest BCUT2D eigenvalue weighted by molar-refractivity contribution is 0.163. The fourth-order valence-electron chi connectivity index (χ4n) is 3.53. The van der Waals surface area contributed by atoms with Gasteiger partial charge in [0.15, 0.2) is 0 Å². The Bertz CT molecular complexity index is 684. The summed E-state index contributed by atoms with van der Waals surface area (Å²) >= 11 is 0. The molecule has 0 aliphatic carbocycles. The summed E-state index contributed by atoms with van der Waals surface area (Å²) in [7, 11) is 0. The largest absolute Gasteiger partial charge is 0.348 e. The normalized spacial score (nSPS) is 17.0. The first-order chi connectivity index (χ1) is 11.1. The Balaban J connectivity index is 1.81. The van der Waals surface area contributed by atoms with E-state index in [9.17, 15) is 4.79 Å². The quantitative estimate of drug-likeness (QED) is 0.890. The van der Waals surface area contributed by atoms with E-state index >= 15 is 0 Å². The van der Waals surface area contributed by atoms with Crippen molar-refractivity contribution in [3.05, 3.63) is 53.3 Å². The van der Waals surface area contributed by atoms with E-state index in [1.165, 1.54) is 5.69 Å². The molecule has 2 heterocycles. The number of aromatic nitrogens is 1. The maximum Gasteiger partial charge on any atom is 0.322 e. The fourth-order valence-corrected chi connectivity index (χ4v) is 3.53. The van der Waals surface area contributed by atoms with Crippen LogP contribution in [0.3, 0.4) is 0 Å². The Morgan fingerprint density at radius 1 is 1.22 bits per heavy atom. The molecule has 3 rings (SSSR count). The Labute approximate surface area is 138 Å². The van der Waals surface area contributed by atoms with E-state index in [0.717, 1.165) is 42.7 Å². The van der Waals surface area contributed by atoms with Gasteiger partial charge in [0.1, 0.15) is 0 Å². The molecule has 0 bridgehead atoms. The predicted octanol–water partition coefficient (Wildman–Crippen LogP) is 4.49.